The second-order valence-electron chi connectivity index (χ2n) is 5.23. The van der Waals surface area contributed by atoms with Crippen LogP contribution in [0.5, 0.6) is 0 Å². The maximum absolute atomic E-state index is 12.4. The van der Waals surface area contributed by atoms with E-state index in [0.29, 0.717) is 31.6 Å². The number of carbonyl (C=O) groups is 2. The predicted molar refractivity (Wildman–Crippen MR) is 76.9 cm³/mol. The van der Waals surface area contributed by atoms with E-state index in [4.69, 9.17) is 0 Å². The summed E-state index contributed by atoms with van der Waals surface area (Å²) in [7, 11) is 3.23. The molecule has 1 aromatic rings. The van der Waals surface area contributed by atoms with Gasteiger partial charge in [0, 0.05) is 45.5 Å². The fraction of sp³-hybridized carbons (Fsp3) is 0.643. The highest BCUT2D eigenvalue weighted by molar-refractivity contribution is 5.95. The minimum atomic E-state index is -0.195. The number of aromatic nitrogens is 2. The molecule has 7 heteroatoms. The smallest absolute Gasteiger partial charge is 0.306 e. The highest BCUT2D eigenvalue weighted by Gasteiger charge is 2.24. The Morgan fingerprint density at radius 2 is 1.95 bits per heavy atom. The van der Waals surface area contributed by atoms with Crippen LogP contribution >= 0.6 is 0 Å². The number of rotatable bonds is 4. The first-order valence-electron chi connectivity index (χ1n) is 7.10. The molecule has 1 aliphatic heterocycles. The number of hydrogen-bond acceptors (Lipinski definition) is 5. The topological polar surface area (TPSA) is 67.7 Å². The summed E-state index contributed by atoms with van der Waals surface area (Å²) in [6.07, 6.45) is 2.02. The van der Waals surface area contributed by atoms with Gasteiger partial charge < -0.3 is 9.64 Å². The Labute approximate surface area is 124 Å². The van der Waals surface area contributed by atoms with Crippen LogP contribution < -0.4 is 0 Å². The van der Waals surface area contributed by atoms with Gasteiger partial charge in [0.25, 0.3) is 5.91 Å². The van der Waals surface area contributed by atoms with Crippen LogP contribution in [0.25, 0.3) is 0 Å². The van der Waals surface area contributed by atoms with E-state index in [2.05, 4.69) is 14.7 Å². The highest BCUT2D eigenvalue weighted by Crippen LogP contribution is 2.12. The van der Waals surface area contributed by atoms with Gasteiger partial charge in [-0.25, -0.2) is 0 Å². The van der Waals surface area contributed by atoms with Crippen molar-refractivity contribution >= 4 is 11.9 Å². The first-order valence-corrected chi connectivity index (χ1v) is 7.10. The molecule has 1 saturated heterocycles. The molecule has 0 bridgehead atoms. The summed E-state index contributed by atoms with van der Waals surface area (Å²) in [6.45, 7) is 5.49. The van der Waals surface area contributed by atoms with E-state index >= 15 is 0 Å². The molecule has 0 saturated carbocycles. The summed E-state index contributed by atoms with van der Waals surface area (Å²) in [5.41, 5.74) is 1.55. The number of ether oxygens (including phenoxy) is 1. The molecule has 0 atom stereocenters. The largest absolute Gasteiger partial charge is 0.469 e. The van der Waals surface area contributed by atoms with E-state index in [1.165, 1.54) is 7.11 Å². The molecular weight excluding hydrogens is 272 g/mol. The second-order valence-corrected chi connectivity index (χ2v) is 5.23. The van der Waals surface area contributed by atoms with E-state index in [9.17, 15) is 9.59 Å². The standard InChI is InChI=1S/C14H22N4O3/c1-11-12(10-15-16(11)2)14(20)18-8-6-17(7-9-18)5-4-13(19)21-3/h10H,4-9H2,1-3H3. The number of aryl methyl sites for hydroxylation is 1. The van der Waals surface area contributed by atoms with E-state index in [1.54, 1.807) is 10.9 Å². The molecule has 0 aliphatic carbocycles. The molecule has 7 nitrogen and oxygen atoms in total. The van der Waals surface area contributed by atoms with Crippen molar-refractivity contribution in [3.63, 3.8) is 0 Å². The molecule has 2 rings (SSSR count). The average molecular weight is 294 g/mol. The van der Waals surface area contributed by atoms with Crippen molar-refractivity contribution in [3.8, 4) is 0 Å². The van der Waals surface area contributed by atoms with Gasteiger partial charge in [0.05, 0.1) is 25.3 Å². The summed E-state index contributed by atoms with van der Waals surface area (Å²) >= 11 is 0. The molecule has 1 aromatic heterocycles. The number of piperazine rings is 1. The maximum atomic E-state index is 12.4. The van der Waals surface area contributed by atoms with Crippen LogP contribution in [-0.4, -0.2) is 71.3 Å². The van der Waals surface area contributed by atoms with Gasteiger partial charge >= 0.3 is 5.97 Å². The molecule has 0 unspecified atom stereocenters. The Bertz CT molecular complexity index is 518. The lowest BCUT2D eigenvalue weighted by molar-refractivity contribution is -0.141. The third kappa shape index (κ3) is 3.60. The third-order valence-corrected chi connectivity index (χ3v) is 3.98. The van der Waals surface area contributed by atoms with Crippen LogP contribution in [0.2, 0.25) is 0 Å². The number of esters is 1. The fourth-order valence-corrected chi connectivity index (χ4v) is 2.41. The molecule has 0 spiro atoms. The number of amides is 1. The average Bonchev–Trinajstić information content (AvgIpc) is 2.84. The van der Waals surface area contributed by atoms with Gasteiger partial charge in [0.1, 0.15) is 0 Å². The van der Waals surface area contributed by atoms with Gasteiger partial charge in [0.2, 0.25) is 0 Å². The lowest BCUT2D eigenvalue weighted by atomic mass is 10.2. The summed E-state index contributed by atoms with van der Waals surface area (Å²) < 4.78 is 6.34. The van der Waals surface area contributed by atoms with Crippen LogP contribution in [0.1, 0.15) is 22.5 Å². The zero-order chi connectivity index (χ0) is 15.4. The molecular formula is C14H22N4O3. The van der Waals surface area contributed by atoms with Gasteiger partial charge in [-0.2, -0.15) is 5.10 Å². The van der Waals surface area contributed by atoms with Crippen molar-refractivity contribution in [2.24, 2.45) is 7.05 Å². The van der Waals surface area contributed by atoms with Gasteiger partial charge in [-0.1, -0.05) is 0 Å². The van der Waals surface area contributed by atoms with E-state index in [0.717, 1.165) is 18.8 Å². The predicted octanol–water partition coefficient (Wildman–Crippen LogP) is 0.0494. The molecule has 1 amide bonds. The van der Waals surface area contributed by atoms with Crippen molar-refractivity contribution in [2.45, 2.75) is 13.3 Å². The van der Waals surface area contributed by atoms with Crippen molar-refractivity contribution < 1.29 is 14.3 Å². The minimum absolute atomic E-state index is 0.0354. The van der Waals surface area contributed by atoms with Crippen molar-refractivity contribution in [1.82, 2.24) is 19.6 Å². The molecule has 21 heavy (non-hydrogen) atoms. The molecule has 116 valence electrons. The number of hydrogen-bond donors (Lipinski definition) is 0. The summed E-state index contributed by atoms with van der Waals surface area (Å²) in [6, 6.07) is 0. The molecule has 0 radical (unpaired) electrons. The maximum Gasteiger partial charge on any atom is 0.306 e. The Kier molecular flexibility index (Phi) is 4.95. The second kappa shape index (κ2) is 6.71. The quantitative estimate of drug-likeness (QED) is 0.734. The van der Waals surface area contributed by atoms with Crippen LogP contribution in [0.3, 0.4) is 0 Å². The zero-order valence-corrected chi connectivity index (χ0v) is 12.8. The summed E-state index contributed by atoms with van der Waals surface area (Å²) in [5.74, 6) is -0.160. The molecule has 0 N–H and O–H groups in total. The first kappa shape index (κ1) is 15.5. The van der Waals surface area contributed by atoms with Gasteiger partial charge in [-0.3, -0.25) is 19.2 Å². The van der Waals surface area contributed by atoms with Crippen molar-refractivity contribution in [1.29, 1.82) is 0 Å². The lowest BCUT2D eigenvalue weighted by Crippen LogP contribution is -2.49. The van der Waals surface area contributed by atoms with Crippen molar-refractivity contribution in [2.75, 3.05) is 39.8 Å². The number of methoxy groups -OCH3 is 1. The molecule has 2 heterocycles. The monoisotopic (exact) mass is 294 g/mol. The normalized spacial score (nSPS) is 16.0. The highest BCUT2D eigenvalue weighted by atomic mass is 16.5. The summed E-state index contributed by atoms with van der Waals surface area (Å²) in [5, 5.41) is 4.11. The minimum Gasteiger partial charge on any atom is -0.469 e. The first-order chi connectivity index (χ1) is 10.0. The van der Waals surface area contributed by atoms with Crippen LogP contribution in [-0.2, 0) is 16.6 Å². The molecule has 0 aromatic carbocycles. The Hall–Kier alpha value is -1.89. The number of carbonyl (C=O) groups excluding carboxylic acids is 2. The van der Waals surface area contributed by atoms with Crippen LogP contribution in [0, 0.1) is 6.92 Å². The molecule has 1 aliphatic rings. The van der Waals surface area contributed by atoms with Crippen LogP contribution in [0.15, 0.2) is 6.20 Å². The van der Waals surface area contributed by atoms with Crippen LogP contribution in [0.4, 0.5) is 0 Å². The Morgan fingerprint density at radius 3 is 2.48 bits per heavy atom. The Balaban J connectivity index is 1.85. The van der Waals surface area contributed by atoms with Gasteiger partial charge in [-0.15, -0.1) is 0 Å². The molecule has 1 fully saturated rings. The Morgan fingerprint density at radius 1 is 1.29 bits per heavy atom. The summed E-state index contributed by atoms with van der Waals surface area (Å²) in [4.78, 5) is 27.6. The fourth-order valence-electron chi connectivity index (χ4n) is 2.41. The number of nitrogens with zero attached hydrogens (tertiary/aromatic N) is 4. The lowest BCUT2D eigenvalue weighted by Gasteiger charge is -2.34. The van der Waals surface area contributed by atoms with E-state index in [1.807, 2.05) is 18.9 Å². The van der Waals surface area contributed by atoms with Gasteiger partial charge in [0.15, 0.2) is 0 Å². The van der Waals surface area contributed by atoms with Crippen molar-refractivity contribution in [3.05, 3.63) is 17.5 Å². The van der Waals surface area contributed by atoms with E-state index < -0.39 is 0 Å². The van der Waals surface area contributed by atoms with Gasteiger partial charge in [-0.05, 0) is 6.92 Å². The zero-order valence-electron chi connectivity index (χ0n) is 12.8. The third-order valence-electron chi connectivity index (χ3n) is 3.98. The van der Waals surface area contributed by atoms with E-state index in [-0.39, 0.29) is 11.9 Å². The SMILES string of the molecule is COC(=O)CCN1CCN(C(=O)c2cnn(C)c2C)CC1.